The van der Waals surface area contributed by atoms with E-state index in [1.807, 2.05) is 0 Å². The van der Waals surface area contributed by atoms with E-state index < -0.39 is 5.76 Å². The quantitative estimate of drug-likeness (QED) is 0.797. The molecule has 2 aromatic rings. The summed E-state index contributed by atoms with van der Waals surface area (Å²) in [5.41, 5.74) is 1.86. The highest BCUT2D eigenvalue weighted by Crippen LogP contribution is 2.25. The first-order valence-corrected chi connectivity index (χ1v) is 8.40. The van der Waals surface area contributed by atoms with Gasteiger partial charge in [-0.15, -0.1) is 0 Å². The lowest BCUT2D eigenvalue weighted by atomic mass is 10.1. The monoisotopic (exact) mass is 364 g/mol. The molecule has 0 spiro atoms. The van der Waals surface area contributed by atoms with Crippen LogP contribution in [0.3, 0.4) is 0 Å². The van der Waals surface area contributed by atoms with E-state index in [4.69, 9.17) is 0 Å². The Bertz CT molecular complexity index is 734. The summed E-state index contributed by atoms with van der Waals surface area (Å²) in [5.74, 6) is -2.86. The van der Waals surface area contributed by atoms with Crippen molar-refractivity contribution in [2.45, 2.75) is 17.2 Å². The van der Waals surface area contributed by atoms with E-state index in [0.29, 0.717) is 34.3 Å². The van der Waals surface area contributed by atoms with Gasteiger partial charge in [0.05, 0.1) is 0 Å². The van der Waals surface area contributed by atoms with Gasteiger partial charge in [0.1, 0.15) is 0 Å². The third-order valence-electron chi connectivity index (χ3n) is 3.54. The molecule has 0 aliphatic carbocycles. The van der Waals surface area contributed by atoms with Crippen LogP contribution >= 0.6 is 11.8 Å². The average Bonchev–Trinajstić information content (AvgIpc) is 2.61. The number of halogens is 2. The van der Waals surface area contributed by atoms with Crippen LogP contribution < -0.4 is 5.32 Å². The minimum Gasteiger partial charge on any atom is -0.355 e. The second-order valence-electron chi connectivity index (χ2n) is 5.34. The van der Waals surface area contributed by atoms with E-state index >= 15 is 0 Å². The zero-order valence-corrected chi connectivity index (χ0v) is 14.6. The molecule has 0 aliphatic rings. The highest BCUT2D eigenvalue weighted by atomic mass is 32.2. The van der Waals surface area contributed by atoms with Gasteiger partial charge in [-0.25, -0.2) is 0 Å². The highest BCUT2D eigenvalue weighted by Gasteiger charge is 2.13. The van der Waals surface area contributed by atoms with Crippen LogP contribution in [0, 0.1) is 0 Å². The smallest absolute Gasteiger partial charge is 0.288 e. The lowest BCUT2D eigenvalue weighted by Gasteiger charge is -2.17. The molecule has 0 radical (unpaired) electrons. The predicted molar refractivity (Wildman–Crippen MR) is 93.9 cm³/mol. The first-order valence-electron chi connectivity index (χ1n) is 7.52. The first kappa shape index (κ1) is 18.9. The molecule has 0 atom stereocenters. The molecule has 1 N–H and O–H groups in total. The van der Waals surface area contributed by atoms with Gasteiger partial charge >= 0.3 is 0 Å². The molecule has 2 amide bonds. The second-order valence-corrected chi connectivity index (χ2v) is 6.40. The Kier molecular flexibility index (Phi) is 6.52. The van der Waals surface area contributed by atoms with Crippen LogP contribution in [0.25, 0.3) is 0 Å². The van der Waals surface area contributed by atoms with Gasteiger partial charge in [-0.3, -0.25) is 9.59 Å². The topological polar surface area (TPSA) is 49.4 Å². The molecule has 7 heteroatoms. The number of nitrogens with one attached hydrogen (secondary N) is 1. The number of carbonyl (C=O) groups is 2. The molecule has 4 nitrogen and oxygen atoms in total. The lowest BCUT2D eigenvalue weighted by molar-refractivity contribution is 0.0784. The third-order valence-corrected chi connectivity index (χ3v) is 4.26. The number of amides is 2. The average molecular weight is 364 g/mol. The molecule has 0 unspecified atom stereocenters. The maximum absolute atomic E-state index is 12.4. The minimum atomic E-state index is -2.48. The Morgan fingerprint density at radius 2 is 1.60 bits per heavy atom. The van der Waals surface area contributed by atoms with E-state index in [2.05, 4.69) is 5.32 Å². The number of benzene rings is 2. The summed E-state index contributed by atoms with van der Waals surface area (Å²) in [4.78, 5) is 25.9. The summed E-state index contributed by atoms with van der Waals surface area (Å²) < 4.78 is 24.6. The summed E-state index contributed by atoms with van der Waals surface area (Å²) in [6, 6.07) is 13.1. The second kappa shape index (κ2) is 8.62. The van der Waals surface area contributed by atoms with Gasteiger partial charge in [0, 0.05) is 36.7 Å². The van der Waals surface area contributed by atoms with E-state index in [1.54, 1.807) is 38.4 Å². The molecule has 132 valence electrons. The molecule has 0 saturated carbocycles. The van der Waals surface area contributed by atoms with Crippen LogP contribution in [0.15, 0.2) is 53.4 Å². The van der Waals surface area contributed by atoms with Gasteiger partial charge in [0.25, 0.3) is 17.6 Å². The van der Waals surface area contributed by atoms with Crippen LogP contribution in [0.5, 0.6) is 0 Å². The van der Waals surface area contributed by atoms with Crippen LogP contribution in [0.2, 0.25) is 0 Å². The molecule has 25 heavy (non-hydrogen) atoms. The van der Waals surface area contributed by atoms with E-state index in [0.717, 1.165) is 5.56 Å². The fourth-order valence-corrected chi connectivity index (χ4v) is 2.75. The molecular weight excluding hydrogens is 346 g/mol. The summed E-state index contributed by atoms with van der Waals surface area (Å²) >= 11 is 0.444. The van der Waals surface area contributed by atoms with Crippen LogP contribution in [0.1, 0.15) is 26.3 Å². The number of nitrogens with zero attached hydrogens (tertiary/aromatic N) is 1. The predicted octanol–water partition coefficient (Wildman–Crippen LogP) is 3.63. The maximum atomic E-state index is 12.4. The SMILES string of the molecule is CNC(=O)c1ccc(CN(C)C(=O)c2ccc(SC(F)F)cc2)cc1. The van der Waals surface area contributed by atoms with Crippen molar-refractivity contribution in [1.82, 2.24) is 10.2 Å². The van der Waals surface area contributed by atoms with E-state index in [-0.39, 0.29) is 11.8 Å². The Balaban J connectivity index is 2.01. The Morgan fingerprint density at radius 1 is 1.04 bits per heavy atom. The van der Waals surface area contributed by atoms with Crippen molar-refractivity contribution < 1.29 is 18.4 Å². The van der Waals surface area contributed by atoms with Crippen molar-refractivity contribution in [1.29, 1.82) is 0 Å². The van der Waals surface area contributed by atoms with Gasteiger partial charge < -0.3 is 10.2 Å². The zero-order chi connectivity index (χ0) is 18.4. The van der Waals surface area contributed by atoms with Crippen molar-refractivity contribution in [2.24, 2.45) is 0 Å². The highest BCUT2D eigenvalue weighted by molar-refractivity contribution is 7.99. The molecule has 0 fully saturated rings. The van der Waals surface area contributed by atoms with Crippen molar-refractivity contribution in [3.8, 4) is 0 Å². The first-order chi connectivity index (χ1) is 11.9. The van der Waals surface area contributed by atoms with E-state index in [1.165, 1.54) is 29.2 Å². The number of hydrogen-bond donors (Lipinski definition) is 1. The molecule has 0 aliphatic heterocycles. The maximum Gasteiger partial charge on any atom is 0.288 e. The van der Waals surface area contributed by atoms with Crippen molar-refractivity contribution in [3.05, 3.63) is 65.2 Å². The molecular formula is C18H18F2N2O2S. The summed E-state index contributed by atoms with van der Waals surface area (Å²) in [6.07, 6.45) is 0. The van der Waals surface area contributed by atoms with Crippen molar-refractivity contribution in [3.63, 3.8) is 0 Å². The molecule has 2 aromatic carbocycles. The van der Waals surface area contributed by atoms with Crippen LogP contribution in [-0.2, 0) is 6.54 Å². The molecule has 0 aromatic heterocycles. The largest absolute Gasteiger partial charge is 0.355 e. The molecule has 0 saturated heterocycles. The number of carbonyl (C=O) groups excluding carboxylic acids is 2. The van der Waals surface area contributed by atoms with E-state index in [9.17, 15) is 18.4 Å². The number of rotatable bonds is 6. The Morgan fingerprint density at radius 3 is 2.12 bits per heavy atom. The van der Waals surface area contributed by atoms with Gasteiger partial charge in [0.2, 0.25) is 0 Å². The molecule has 0 bridgehead atoms. The van der Waals surface area contributed by atoms with Gasteiger partial charge in [-0.2, -0.15) is 8.78 Å². The number of hydrogen-bond acceptors (Lipinski definition) is 3. The fraction of sp³-hybridized carbons (Fsp3) is 0.222. The zero-order valence-electron chi connectivity index (χ0n) is 13.8. The van der Waals surface area contributed by atoms with Crippen LogP contribution in [-0.4, -0.2) is 36.6 Å². The summed E-state index contributed by atoms with van der Waals surface area (Å²) in [7, 11) is 3.23. The normalized spacial score (nSPS) is 10.6. The summed E-state index contributed by atoms with van der Waals surface area (Å²) in [5, 5.41) is 2.55. The van der Waals surface area contributed by atoms with Crippen molar-refractivity contribution in [2.75, 3.05) is 14.1 Å². The van der Waals surface area contributed by atoms with Crippen molar-refractivity contribution >= 4 is 23.6 Å². The standard InChI is InChI=1S/C18H18F2N2O2S/c1-21-16(23)13-5-3-12(4-6-13)11-22(2)17(24)14-7-9-15(10-8-14)25-18(19)20/h3-10,18H,11H2,1-2H3,(H,21,23). The third kappa shape index (κ3) is 5.29. The van der Waals surface area contributed by atoms with Gasteiger partial charge in [-0.05, 0) is 42.0 Å². The molecule has 0 heterocycles. The lowest BCUT2D eigenvalue weighted by Crippen LogP contribution is -2.26. The number of alkyl halides is 2. The van der Waals surface area contributed by atoms with Gasteiger partial charge in [-0.1, -0.05) is 23.9 Å². The molecule has 2 rings (SSSR count). The summed E-state index contributed by atoms with van der Waals surface area (Å²) in [6.45, 7) is 0.375. The van der Waals surface area contributed by atoms with Gasteiger partial charge in [0.15, 0.2) is 0 Å². The van der Waals surface area contributed by atoms with Crippen LogP contribution in [0.4, 0.5) is 8.78 Å². The minimum absolute atomic E-state index is 0.169. The Hall–Kier alpha value is -2.41. The number of thioether (sulfide) groups is 1. The fourth-order valence-electron chi connectivity index (χ4n) is 2.25. The Labute approximate surface area is 149 Å².